The van der Waals surface area contributed by atoms with Gasteiger partial charge in [0.2, 0.25) is 0 Å². The Morgan fingerprint density at radius 2 is 1.79 bits per heavy atom. The third kappa shape index (κ3) is 5.39. The zero-order chi connectivity index (χ0) is 17.4. The van der Waals surface area contributed by atoms with Crippen molar-refractivity contribution >= 4 is 17.4 Å². The van der Waals surface area contributed by atoms with E-state index in [1.54, 1.807) is 13.2 Å². The number of nitrogens with one attached hydrogen (secondary N) is 2. The van der Waals surface area contributed by atoms with Gasteiger partial charge in [-0.15, -0.1) is 0 Å². The number of urea groups is 1. The van der Waals surface area contributed by atoms with Crippen LogP contribution in [0.4, 0.5) is 16.2 Å². The van der Waals surface area contributed by atoms with Gasteiger partial charge in [-0.25, -0.2) is 4.79 Å². The highest BCUT2D eigenvalue weighted by Crippen LogP contribution is 2.18. The number of anilines is 2. The van der Waals surface area contributed by atoms with Gasteiger partial charge < -0.3 is 25.0 Å². The molecule has 24 heavy (non-hydrogen) atoms. The van der Waals surface area contributed by atoms with Crippen LogP contribution in [0.15, 0.2) is 48.5 Å². The molecule has 0 aliphatic rings. The van der Waals surface area contributed by atoms with Crippen molar-refractivity contribution in [3.05, 3.63) is 48.5 Å². The summed E-state index contributed by atoms with van der Waals surface area (Å²) in [4.78, 5) is 13.8. The molecule has 0 aliphatic carbocycles. The molecule has 0 bridgehead atoms. The second-order valence-corrected chi connectivity index (χ2v) is 5.35. The Labute approximate surface area is 142 Å². The minimum atomic E-state index is -0.262. The lowest BCUT2D eigenvalue weighted by atomic mass is 10.2. The number of rotatable bonds is 7. The van der Waals surface area contributed by atoms with Gasteiger partial charge >= 0.3 is 6.03 Å². The van der Waals surface area contributed by atoms with E-state index in [9.17, 15) is 4.79 Å². The van der Waals surface area contributed by atoms with E-state index in [0.717, 1.165) is 17.1 Å². The van der Waals surface area contributed by atoms with Gasteiger partial charge in [0, 0.05) is 31.5 Å². The molecule has 0 aliphatic heterocycles. The molecule has 2 N–H and O–H groups in total. The Bertz CT molecular complexity index is 657. The van der Waals surface area contributed by atoms with Crippen LogP contribution in [-0.2, 0) is 0 Å². The van der Waals surface area contributed by atoms with Crippen molar-refractivity contribution in [2.45, 2.75) is 0 Å². The standard InChI is InChI=1S/C18H23N3O3/c1-21(2)15-9-7-14(8-10-15)20-18(22)19-11-12-24-17-6-4-5-16(13-17)23-3/h4-10,13H,11-12H2,1-3H3,(H2,19,20,22). The van der Waals surface area contributed by atoms with Gasteiger partial charge in [0.25, 0.3) is 0 Å². The Kier molecular flexibility index (Phi) is 6.31. The first-order valence-electron chi connectivity index (χ1n) is 7.67. The second kappa shape index (κ2) is 8.67. The highest BCUT2D eigenvalue weighted by Gasteiger charge is 2.02. The molecule has 2 amide bonds. The van der Waals surface area contributed by atoms with E-state index in [1.165, 1.54) is 0 Å². The van der Waals surface area contributed by atoms with E-state index in [4.69, 9.17) is 9.47 Å². The molecule has 0 spiro atoms. The Balaban J connectivity index is 1.71. The highest BCUT2D eigenvalue weighted by molar-refractivity contribution is 5.89. The summed E-state index contributed by atoms with van der Waals surface area (Å²) in [5, 5.41) is 5.53. The van der Waals surface area contributed by atoms with Crippen LogP contribution in [0.3, 0.4) is 0 Å². The molecule has 0 saturated heterocycles. The fraction of sp³-hybridized carbons (Fsp3) is 0.278. The average Bonchev–Trinajstić information content (AvgIpc) is 2.59. The van der Waals surface area contributed by atoms with E-state index >= 15 is 0 Å². The van der Waals surface area contributed by atoms with Crippen molar-refractivity contribution in [1.29, 1.82) is 0 Å². The molecule has 0 aromatic heterocycles. The molecular formula is C18H23N3O3. The smallest absolute Gasteiger partial charge is 0.319 e. The summed E-state index contributed by atoms with van der Waals surface area (Å²) >= 11 is 0. The van der Waals surface area contributed by atoms with Crippen molar-refractivity contribution in [2.75, 3.05) is 44.6 Å². The van der Waals surface area contributed by atoms with Crippen LogP contribution >= 0.6 is 0 Å². The van der Waals surface area contributed by atoms with Gasteiger partial charge in [-0.1, -0.05) is 6.07 Å². The molecule has 2 aromatic rings. The third-order valence-corrected chi connectivity index (χ3v) is 3.34. The number of carbonyl (C=O) groups excluding carboxylic acids is 1. The van der Waals surface area contributed by atoms with Crippen LogP contribution in [-0.4, -0.2) is 40.4 Å². The monoisotopic (exact) mass is 329 g/mol. The number of hydrogen-bond acceptors (Lipinski definition) is 4. The number of nitrogens with zero attached hydrogens (tertiary/aromatic N) is 1. The quantitative estimate of drug-likeness (QED) is 0.767. The number of benzene rings is 2. The maximum Gasteiger partial charge on any atom is 0.319 e. The Morgan fingerprint density at radius 3 is 2.46 bits per heavy atom. The Morgan fingerprint density at radius 1 is 1.08 bits per heavy atom. The van der Waals surface area contributed by atoms with Gasteiger partial charge in [-0.3, -0.25) is 0 Å². The summed E-state index contributed by atoms with van der Waals surface area (Å²) in [5.74, 6) is 1.44. The Hall–Kier alpha value is -2.89. The molecule has 0 heterocycles. The first kappa shape index (κ1) is 17.5. The first-order chi connectivity index (χ1) is 11.6. The maximum atomic E-state index is 11.8. The van der Waals surface area contributed by atoms with Crippen molar-refractivity contribution in [2.24, 2.45) is 0 Å². The van der Waals surface area contributed by atoms with Gasteiger partial charge in [0.05, 0.1) is 13.7 Å². The van der Waals surface area contributed by atoms with E-state index in [-0.39, 0.29) is 6.03 Å². The lowest BCUT2D eigenvalue weighted by molar-refractivity contribution is 0.247. The minimum absolute atomic E-state index is 0.262. The van der Waals surface area contributed by atoms with E-state index in [1.807, 2.05) is 61.5 Å². The number of carbonyl (C=O) groups is 1. The van der Waals surface area contributed by atoms with Crippen LogP contribution in [0, 0.1) is 0 Å². The normalized spacial score (nSPS) is 9.96. The predicted molar refractivity (Wildman–Crippen MR) is 96.3 cm³/mol. The minimum Gasteiger partial charge on any atom is -0.497 e. The molecule has 0 unspecified atom stereocenters. The molecule has 2 rings (SSSR count). The lowest BCUT2D eigenvalue weighted by Gasteiger charge is -2.13. The fourth-order valence-corrected chi connectivity index (χ4v) is 2.04. The van der Waals surface area contributed by atoms with Gasteiger partial charge in [-0.2, -0.15) is 0 Å². The summed E-state index contributed by atoms with van der Waals surface area (Å²) < 4.78 is 10.7. The molecule has 2 aromatic carbocycles. The van der Waals surface area contributed by atoms with Crippen LogP contribution in [0.25, 0.3) is 0 Å². The van der Waals surface area contributed by atoms with E-state index in [2.05, 4.69) is 10.6 Å². The summed E-state index contributed by atoms with van der Waals surface area (Å²) in [6, 6.07) is 14.7. The zero-order valence-corrected chi connectivity index (χ0v) is 14.2. The summed E-state index contributed by atoms with van der Waals surface area (Å²) in [6.07, 6.45) is 0. The van der Waals surface area contributed by atoms with E-state index in [0.29, 0.717) is 18.9 Å². The number of amides is 2. The van der Waals surface area contributed by atoms with E-state index < -0.39 is 0 Å². The molecule has 6 heteroatoms. The summed E-state index contributed by atoms with van der Waals surface area (Å²) in [7, 11) is 5.55. The number of methoxy groups -OCH3 is 1. The van der Waals surface area contributed by atoms with Crippen molar-refractivity contribution in [1.82, 2.24) is 5.32 Å². The number of ether oxygens (including phenoxy) is 2. The molecular weight excluding hydrogens is 306 g/mol. The topological polar surface area (TPSA) is 62.8 Å². The highest BCUT2D eigenvalue weighted by atomic mass is 16.5. The van der Waals surface area contributed by atoms with Gasteiger partial charge in [0.1, 0.15) is 18.1 Å². The summed E-state index contributed by atoms with van der Waals surface area (Å²) in [6.45, 7) is 0.777. The average molecular weight is 329 g/mol. The maximum absolute atomic E-state index is 11.8. The lowest BCUT2D eigenvalue weighted by Crippen LogP contribution is -2.32. The van der Waals surface area contributed by atoms with Crippen LogP contribution in [0.1, 0.15) is 0 Å². The molecule has 0 radical (unpaired) electrons. The van der Waals surface area contributed by atoms with Crippen molar-refractivity contribution < 1.29 is 14.3 Å². The molecule has 0 saturated carbocycles. The largest absolute Gasteiger partial charge is 0.497 e. The zero-order valence-electron chi connectivity index (χ0n) is 14.2. The molecule has 0 atom stereocenters. The van der Waals surface area contributed by atoms with Crippen LogP contribution < -0.4 is 25.0 Å². The van der Waals surface area contributed by atoms with Crippen molar-refractivity contribution in [3.8, 4) is 11.5 Å². The molecule has 6 nitrogen and oxygen atoms in total. The SMILES string of the molecule is COc1cccc(OCCNC(=O)Nc2ccc(N(C)C)cc2)c1. The van der Waals surface area contributed by atoms with Gasteiger partial charge in [-0.05, 0) is 36.4 Å². The predicted octanol–water partition coefficient (Wildman–Crippen LogP) is 2.96. The van der Waals surface area contributed by atoms with Crippen molar-refractivity contribution in [3.63, 3.8) is 0 Å². The third-order valence-electron chi connectivity index (χ3n) is 3.34. The fourth-order valence-electron chi connectivity index (χ4n) is 2.04. The van der Waals surface area contributed by atoms with Crippen LogP contribution in [0.5, 0.6) is 11.5 Å². The summed E-state index contributed by atoms with van der Waals surface area (Å²) in [5.41, 5.74) is 1.82. The first-order valence-corrected chi connectivity index (χ1v) is 7.67. The second-order valence-electron chi connectivity index (χ2n) is 5.35. The number of hydrogen-bond donors (Lipinski definition) is 2. The van der Waals surface area contributed by atoms with Gasteiger partial charge in [0.15, 0.2) is 0 Å². The van der Waals surface area contributed by atoms with Crippen LogP contribution in [0.2, 0.25) is 0 Å². The molecule has 0 fully saturated rings. The molecule has 128 valence electrons.